The summed E-state index contributed by atoms with van der Waals surface area (Å²) in [7, 11) is 0. The molecule has 84 valence electrons. The van der Waals surface area contributed by atoms with Gasteiger partial charge in [0.05, 0.1) is 11.2 Å². The molecule has 0 saturated carbocycles. The summed E-state index contributed by atoms with van der Waals surface area (Å²) in [6.07, 6.45) is 2.55. The molecule has 0 aromatic carbocycles. The van der Waals surface area contributed by atoms with Crippen LogP contribution in [0.3, 0.4) is 0 Å². The van der Waals surface area contributed by atoms with Crippen LogP contribution in [-0.4, -0.2) is 35.6 Å². The third-order valence-corrected chi connectivity index (χ3v) is 3.72. The van der Waals surface area contributed by atoms with E-state index in [4.69, 9.17) is 0 Å². The number of nitrogens with one attached hydrogen (secondary N) is 1. The summed E-state index contributed by atoms with van der Waals surface area (Å²) >= 11 is 1.69. The molecule has 0 bridgehead atoms. The van der Waals surface area contributed by atoms with Gasteiger partial charge in [-0.2, -0.15) is 0 Å². The first-order chi connectivity index (χ1) is 7.40. The Morgan fingerprint density at radius 2 is 2.33 bits per heavy atom. The summed E-state index contributed by atoms with van der Waals surface area (Å²) in [4.78, 5) is 6.91. The van der Waals surface area contributed by atoms with Gasteiger partial charge >= 0.3 is 0 Å². The molecule has 0 unspecified atom stereocenters. The van der Waals surface area contributed by atoms with E-state index < -0.39 is 0 Å². The molecule has 0 radical (unpaired) electrons. The fourth-order valence-electron chi connectivity index (χ4n) is 2.19. The van der Waals surface area contributed by atoms with Gasteiger partial charge in [-0.3, -0.25) is 4.90 Å². The molecule has 1 fully saturated rings. The smallest absolute Gasteiger partial charge is 0.0795 e. The van der Waals surface area contributed by atoms with E-state index in [1.165, 1.54) is 18.5 Å². The van der Waals surface area contributed by atoms with Gasteiger partial charge in [0.2, 0.25) is 0 Å². The second kappa shape index (κ2) is 5.58. The van der Waals surface area contributed by atoms with Gasteiger partial charge in [-0.15, -0.1) is 11.3 Å². The van der Waals surface area contributed by atoms with Crippen LogP contribution >= 0.6 is 11.3 Å². The first kappa shape index (κ1) is 11.0. The summed E-state index contributed by atoms with van der Waals surface area (Å²) in [6.45, 7) is 6.72. The number of rotatable bonds is 4. The first-order valence-corrected chi connectivity index (χ1v) is 6.66. The zero-order valence-electron chi connectivity index (χ0n) is 9.28. The van der Waals surface area contributed by atoms with Crippen LogP contribution < -0.4 is 5.32 Å². The topological polar surface area (TPSA) is 28.2 Å². The highest BCUT2D eigenvalue weighted by molar-refractivity contribution is 7.07. The lowest BCUT2D eigenvalue weighted by atomic mass is 10.0. The van der Waals surface area contributed by atoms with E-state index in [9.17, 15) is 0 Å². The molecule has 1 aliphatic heterocycles. The predicted molar refractivity (Wildman–Crippen MR) is 64.1 cm³/mol. The summed E-state index contributed by atoms with van der Waals surface area (Å²) in [6, 6.07) is 0.748. The minimum Gasteiger partial charge on any atom is -0.317 e. The van der Waals surface area contributed by atoms with Crippen molar-refractivity contribution in [3.05, 3.63) is 16.6 Å². The van der Waals surface area contributed by atoms with Gasteiger partial charge in [-0.1, -0.05) is 6.92 Å². The van der Waals surface area contributed by atoms with Crippen LogP contribution in [0, 0.1) is 0 Å². The fraction of sp³-hybridized carbons (Fsp3) is 0.727. The quantitative estimate of drug-likeness (QED) is 0.845. The minimum atomic E-state index is 0.748. The molecule has 15 heavy (non-hydrogen) atoms. The van der Waals surface area contributed by atoms with E-state index >= 15 is 0 Å². The van der Waals surface area contributed by atoms with Crippen molar-refractivity contribution in [3.63, 3.8) is 0 Å². The number of hydrogen-bond donors (Lipinski definition) is 1. The van der Waals surface area contributed by atoms with Gasteiger partial charge in [-0.05, 0) is 32.5 Å². The Balaban J connectivity index is 1.91. The van der Waals surface area contributed by atoms with Gasteiger partial charge in [0.1, 0.15) is 0 Å². The van der Waals surface area contributed by atoms with Crippen LogP contribution in [-0.2, 0) is 6.54 Å². The number of hydrogen-bond acceptors (Lipinski definition) is 4. The van der Waals surface area contributed by atoms with Gasteiger partial charge < -0.3 is 5.32 Å². The maximum Gasteiger partial charge on any atom is 0.0795 e. The van der Waals surface area contributed by atoms with Crippen LogP contribution in [0.2, 0.25) is 0 Å². The molecular formula is C11H19N3S. The Bertz CT molecular complexity index is 267. The lowest BCUT2D eigenvalue weighted by molar-refractivity contribution is 0.161. The molecule has 0 aliphatic carbocycles. The van der Waals surface area contributed by atoms with Gasteiger partial charge in [0.25, 0.3) is 0 Å². The first-order valence-electron chi connectivity index (χ1n) is 5.72. The molecule has 1 aromatic rings. The summed E-state index contributed by atoms with van der Waals surface area (Å²) in [5.74, 6) is 0. The minimum absolute atomic E-state index is 0.748. The SMILES string of the molecule is CCN(Cc1cscn1)C1CCNCC1. The monoisotopic (exact) mass is 225 g/mol. The zero-order chi connectivity index (χ0) is 10.5. The van der Waals surface area contributed by atoms with Crippen molar-refractivity contribution in [3.8, 4) is 0 Å². The molecule has 1 saturated heterocycles. The van der Waals surface area contributed by atoms with E-state index in [1.807, 2.05) is 5.51 Å². The third-order valence-electron chi connectivity index (χ3n) is 3.08. The fourth-order valence-corrected chi connectivity index (χ4v) is 2.74. The number of nitrogens with zero attached hydrogens (tertiary/aromatic N) is 2. The number of piperidine rings is 1. The number of thiazole rings is 1. The van der Waals surface area contributed by atoms with E-state index in [-0.39, 0.29) is 0 Å². The Hall–Kier alpha value is -0.450. The van der Waals surface area contributed by atoms with E-state index in [0.29, 0.717) is 0 Å². The van der Waals surface area contributed by atoms with Crippen LogP contribution in [0.4, 0.5) is 0 Å². The standard InChI is InChI=1S/C11H19N3S/c1-2-14(7-10-8-15-9-13-10)11-3-5-12-6-4-11/h8-9,11-12H,2-7H2,1H3. The molecule has 0 amide bonds. The molecule has 1 N–H and O–H groups in total. The van der Waals surface area contributed by atoms with Crippen LogP contribution in [0.15, 0.2) is 10.9 Å². The zero-order valence-corrected chi connectivity index (χ0v) is 10.1. The summed E-state index contributed by atoms with van der Waals surface area (Å²) in [5, 5.41) is 5.57. The van der Waals surface area contributed by atoms with Crippen molar-refractivity contribution in [2.75, 3.05) is 19.6 Å². The lowest BCUT2D eigenvalue weighted by Crippen LogP contribution is -2.42. The second-order valence-corrected chi connectivity index (χ2v) is 4.74. The van der Waals surface area contributed by atoms with Crippen molar-refractivity contribution in [2.24, 2.45) is 0 Å². The van der Waals surface area contributed by atoms with Crippen molar-refractivity contribution >= 4 is 11.3 Å². The van der Waals surface area contributed by atoms with Gasteiger partial charge in [0.15, 0.2) is 0 Å². The van der Waals surface area contributed by atoms with Gasteiger partial charge in [0, 0.05) is 18.0 Å². The molecule has 2 heterocycles. The maximum absolute atomic E-state index is 4.36. The van der Waals surface area contributed by atoms with E-state index in [2.05, 4.69) is 27.5 Å². The highest BCUT2D eigenvalue weighted by Crippen LogP contribution is 2.15. The molecule has 3 nitrogen and oxygen atoms in total. The van der Waals surface area contributed by atoms with Crippen LogP contribution in [0.5, 0.6) is 0 Å². The molecule has 4 heteroatoms. The van der Waals surface area contributed by atoms with Crippen LogP contribution in [0.25, 0.3) is 0 Å². The summed E-state index contributed by atoms with van der Waals surface area (Å²) < 4.78 is 0. The lowest BCUT2D eigenvalue weighted by Gasteiger charge is -2.33. The molecular weight excluding hydrogens is 206 g/mol. The van der Waals surface area contributed by atoms with Crippen molar-refractivity contribution in [1.29, 1.82) is 0 Å². The predicted octanol–water partition coefficient (Wildman–Crippen LogP) is 1.72. The highest BCUT2D eigenvalue weighted by Gasteiger charge is 2.19. The Morgan fingerprint density at radius 1 is 1.53 bits per heavy atom. The van der Waals surface area contributed by atoms with Crippen molar-refractivity contribution < 1.29 is 0 Å². The van der Waals surface area contributed by atoms with E-state index in [1.54, 1.807) is 11.3 Å². The molecule has 0 atom stereocenters. The molecule has 0 spiro atoms. The maximum atomic E-state index is 4.36. The van der Waals surface area contributed by atoms with Gasteiger partial charge in [-0.25, -0.2) is 4.98 Å². The molecule has 2 rings (SSSR count). The Labute approximate surface area is 95.5 Å². The molecule has 1 aliphatic rings. The van der Waals surface area contributed by atoms with Crippen LogP contribution in [0.1, 0.15) is 25.5 Å². The summed E-state index contributed by atoms with van der Waals surface area (Å²) in [5.41, 5.74) is 3.14. The highest BCUT2D eigenvalue weighted by atomic mass is 32.1. The van der Waals surface area contributed by atoms with E-state index in [0.717, 1.165) is 32.2 Å². The molecule has 1 aromatic heterocycles. The third kappa shape index (κ3) is 3.00. The normalized spacial score (nSPS) is 18.5. The second-order valence-electron chi connectivity index (χ2n) is 4.02. The largest absolute Gasteiger partial charge is 0.317 e. The average Bonchev–Trinajstić information content (AvgIpc) is 2.80. The average molecular weight is 225 g/mol. The Kier molecular flexibility index (Phi) is 4.11. The Morgan fingerprint density at radius 3 is 2.93 bits per heavy atom. The van der Waals surface area contributed by atoms with Crippen molar-refractivity contribution in [1.82, 2.24) is 15.2 Å². The number of aromatic nitrogens is 1. The van der Waals surface area contributed by atoms with Crippen molar-refractivity contribution in [2.45, 2.75) is 32.4 Å².